The monoisotopic (exact) mass is 490 g/mol. The maximum absolute atomic E-state index is 12.9. The van der Waals surface area contributed by atoms with E-state index < -0.39 is 0 Å². The molecule has 3 N–H and O–H groups in total. The number of hydrogen-bond acceptors (Lipinski definition) is 6. The van der Waals surface area contributed by atoms with Crippen molar-refractivity contribution in [2.75, 3.05) is 30.0 Å². The molecule has 1 atom stereocenters. The van der Waals surface area contributed by atoms with Crippen LogP contribution in [0.5, 0.6) is 5.75 Å². The lowest BCUT2D eigenvalue weighted by molar-refractivity contribution is 0.102. The molecule has 4 rings (SSSR count). The van der Waals surface area contributed by atoms with Crippen molar-refractivity contribution < 1.29 is 9.53 Å². The topological polar surface area (TPSA) is 98.3 Å². The van der Waals surface area contributed by atoms with E-state index in [9.17, 15) is 4.79 Å². The van der Waals surface area contributed by atoms with E-state index in [-0.39, 0.29) is 12.0 Å². The highest BCUT2D eigenvalue weighted by Crippen LogP contribution is 2.31. The Kier molecular flexibility index (Phi) is 6.93. The van der Waals surface area contributed by atoms with Crippen molar-refractivity contribution >= 4 is 34.7 Å². The van der Waals surface area contributed by atoms with Gasteiger partial charge in [0, 0.05) is 55.9 Å². The van der Waals surface area contributed by atoms with Crippen molar-refractivity contribution in [1.82, 2.24) is 14.8 Å². The van der Waals surface area contributed by atoms with Crippen LogP contribution >= 0.6 is 11.6 Å². The van der Waals surface area contributed by atoms with Crippen LogP contribution in [0.4, 0.5) is 17.2 Å². The van der Waals surface area contributed by atoms with E-state index in [1.165, 1.54) is 0 Å². The molecule has 0 aliphatic rings. The van der Waals surface area contributed by atoms with Gasteiger partial charge in [0.2, 0.25) is 0 Å². The summed E-state index contributed by atoms with van der Waals surface area (Å²) in [7, 11) is 5.61. The van der Waals surface area contributed by atoms with Gasteiger partial charge in [0.25, 0.3) is 5.91 Å². The number of carbonyl (C=O) groups excluding carboxylic acids is 1. The number of aryl methyl sites for hydroxylation is 1. The molecule has 0 aliphatic carbocycles. The summed E-state index contributed by atoms with van der Waals surface area (Å²) in [5.41, 5.74) is 10.7. The lowest BCUT2D eigenvalue weighted by Gasteiger charge is -2.18. The van der Waals surface area contributed by atoms with Gasteiger partial charge in [0.05, 0.1) is 16.9 Å². The normalized spacial score (nSPS) is 11.7. The minimum atomic E-state index is -0.337. The molecule has 0 spiro atoms. The van der Waals surface area contributed by atoms with Gasteiger partial charge in [-0.3, -0.25) is 9.48 Å². The number of pyridine rings is 1. The molecule has 4 aromatic rings. The van der Waals surface area contributed by atoms with Crippen molar-refractivity contribution in [3.63, 3.8) is 0 Å². The number of halogens is 1. The van der Waals surface area contributed by atoms with Crippen LogP contribution < -0.4 is 20.7 Å². The maximum atomic E-state index is 12.9. The molecule has 2 heterocycles. The summed E-state index contributed by atoms with van der Waals surface area (Å²) in [5, 5.41) is 7.73. The third-order valence-electron chi connectivity index (χ3n) is 5.53. The molecule has 0 radical (unpaired) electrons. The summed E-state index contributed by atoms with van der Waals surface area (Å²) < 4.78 is 7.87. The van der Waals surface area contributed by atoms with Gasteiger partial charge in [-0.05, 0) is 48.9 Å². The number of hydrogen-bond donors (Lipinski definition) is 2. The number of nitrogens with two attached hydrogens (primary N) is 1. The number of ether oxygens (including phenoxy) is 1. The molecule has 0 aliphatic heterocycles. The molecule has 0 bridgehead atoms. The Bertz CT molecular complexity index is 1370. The van der Waals surface area contributed by atoms with E-state index in [2.05, 4.69) is 15.4 Å². The number of rotatable bonds is 7. The molecule has 2 aromatic heterocycles. The van der Waals surface area contributed by atoms with Gasteiger partial charge in [-0.15, -0.1) is 0 Å². The number of nitrogens with one attached hydrogen (secondary N) is 1. The van der Waals surface area contributed by atoms with E-state index in [1.54, 1.807) is 35.3 Å². The van der Waals surface area contributed by atoms with Crippen LogP contribution in [0, 0.1) is 0 Å². The Labute approximate surface area is 209 Å². The van der Waals surface area contributed by atoms with Crippen molar-refractivity contribution in [2.24, 2.45) is 7.05 Å². The Morgan fingerprint density at radius 1 is 1.14 bits per heavy atom. The van der Waals surface area contributed by atoms with Crippen molar-refractivity contribution in [3.8, 4) is 16.9 Å². The molecule has 1 unspecified atom stereocenters. The minimum absolute atomic E-state index is 0.229. The summed E-state index contributed by atoms with van der Waals surface area (Å²) in [6, 6.07) is 14.5. The third kappa shape index (κ3) is 5.55. The second kappa shape index (κ2) is 10.1. The molecule has 0 fully saturated rings. The van der Waals surface area contributed by atoms with E-state index in [4.69, 9.17) is 22.1 Å². The summed E-state index contributed by atoms with van der Waals surface area (Å²) >= 11 is 6.23. The second-order valence-corrected chi connectivity index (χ2v) is 8.82. The first-order valence-corrected chi connectivity index (χ1v) is 11.4. The van der Waals surface area contributed by atoms with Crippen LogP contribution in [-0.4, -0.2) is 34.8 Å². The number of nitrogen functional groups attached to an aromatic ring is 1. The molecule has 0 saturated heterocycles. The highest BCUT2D eigenvalue weighted by atomic mass is 35.5. The standard InChI is InChI=1S/C26H27ClN6O2/c1-16(35-24-12-19(13-29-25(24)28)20-14-30-33(4)15-20)17-6-5-7-21(10-17)31-26(34)18-8-9-22(27)23(11-18)32(2)3/h5-16H,1-4H3,(H2,28,29)(H,31,34). The molecular weight excluding hydrogens is 464 g/mol. The fraction of sp³-hybridized carbons (Fsp3) is 0.192. The fourth-order valence-electron chi connectivity index (χ4n) is 3.61. The van der Waals surface area contributed by atoms with Gasteiger partial charge in [0.1, 0.15) is 6.10 Å². The van der Waals surface area contributed by atoms with E-state index >= 15 is 0 Å². The Balaban J connectivity index is 1.50. The van der Waals surface area contributed by atoms with Crippen molar-refractivity contribution in [1.29, 1.82) is 0 Å². The van der Waals surface area contributed by atoms with Gasteiger partial charge in [0.15, 0.2) is 11.6 Å². The quantitative estimate of drug-likeness (QED) is 0.370. The summed E-state index contributed by atoms with van der Waals surface area (Å²) in [5.74, 6) is 0.548. The molecule has 9 heteroatoms. The predicted molar refractivity (Wildman–Crippen MR) is 140 cm³/mol. The Morgan fingerprint density at radius 3 is 2.66 bits per heavy atom. The summed E-state index contributed by atoms with van der Waals surface area (Å²) in [6.07, 6.45) is 5.01. The van der Waals surface area contributed by atoms with E-state index in [0.29, 0.717) is 27.8 Å². The van der Waals surface area contributed by atoms with Gasteiger partial charge in [-0.2, -0.15) is 5.10 Å². The van der Waals surface area contributed by atoms with Gasteiger partial charge < -0.3 is 20.7 Å². The van der Waals surface area contributed by atoms with Gasteiger partial charge >= 0.3 is 0 Å². The van der Waals surface area contributed by atoms with Crippen molar-refractivity contribution in [3.05, 3.63) is 83.3 Å². The molecule has 8 nitrogen and oxygen atoms in total. The second-order valence-electron chi connectivity index (χ2n) is 8.41. The predicted octanol–water partition coefficient (Wildman–Crippen LogP) is 5.18. The number of amides is 1. The minimum Gasteiger partial charge on any atom is -0.482 e. The third-order valence-corrected chi connectivity index (χ3v) is 5.85. The van der Waals surface area contributed by atoms with Crippen LogP contribution in [-0.2, 0) is 7.05 Å². The van der Waals surface area contributed by atoms with Crippen LogP contribution in [0.15, 0.2) is 67.1 Å². The van der Waals surface area contributed by atoms with Crippen LogP contribution in [0.3, 0.4) is 0 Å². The van der Waals surface area contributed by atoms with E-state index in [0.717, 1.165) is 22.4 Å². The molecule has 180 valence electrons. The lowest BCUT2D eigenvalue weighted by atomic mass is 10.1. The van der Waals surface area contributed by atoms with Gasteiger partial charge in [-0.1, -0.05) is 23.7 Å². The molecule has 0 saturated carbocycles. The fourth-order valence-corrected chi connectivity index (χ4v) is 3.89. The summed E-state index contributed by atoms with van der Waals surface area (Å²) in [4.78, 5) is 19.0. The first-order valence-electron chi connectivity index (χ1n) is 11.0. The average molecular weight is 491 g/mol. The zero-order valence-electron chi connectivity index (χ0n) is 20.0. The maximum Gasteiger partial charge on any atom is 0.255 e. The highest BCUT2D eigenvalue weighted by molar-refractivity contribution is 6.33. The zero-order valence-corrected chi connectivity index (χ0v) is 20.7. The summed E-state index contributed by atoms with van der Waals surface area (Å²) in [6.45, 7) is 1.92. The van der Waals surface area contributed by atoms with Crippen LogP contribution in [0.2, 0.25) is 5.02 Å². The number of benzene rings is 2. The van der Waals surface area contributed by atoms with Crippen LogP contribution in [0.25, 0.3) is 11.1 Å². The van der Waals surface area contributed by atoms with E-state index in [1.807, 2.05) is 69.5 Å². The number of aromatic nitrogens is 3. The number of carbonyl (C=O) groups is 1. The number of anilines is 3. The molecule has 35 heavy (non-hydrogen) atoms. The Morgan fingerprint density at radius 2 is 1.94 bits per heavy atom. The Hall–Kier alpha value is -4.04. The highest BCUT2D eigenvalue weighted by Gasteiger charge is 2.15. The van der Waals surface area contributed by atoms with Crippen molar-refractivity contribution in [2.45, 2.75) is 13.0 Å². The molecule has 2 aromatic carbocycles. The lowest BCUT2D eigenvalue weighted by Crippen LogP contribution is -2.15. The number of nitrogens with zero attached hydrogens (tertiary/aromatic N) is 4. The molecular formula is C26H27ClN6O2. The van der Waals surface area contributed by atoms with Gasteiger partial charge in [-0.25, -0.2) is 4.98 Å². The smallest absolute Gasteiger partial charge is 0.255 e. The zero-order chi connectivity index (χ0) is 25.1. The average Bonchev–Trinajstić information content (AvgIpc) is 3.27. The first-order chi connectivity index (χ1) is 16.7. The SMILES string of the molecule is CC(Oc1cc(-c2cnn(C)c2)cnc1N)c1cccc(NC(=O)c2ccc(Cl)c(N(C)C)c2)c1. The largest absolute Gasteiger partial charge is 0.482 e. The first kappa shape index (κ1) is 24.1. The van der Waals surface area contributed by atoms with Crippen LogP contribution in [0.1, 0.15) is 28.9 Å². The molecule has 1 amide bonds.